The molecule has 1 saturated carbocycles. The van der Waals surface area contributed by atoms with Crippen LogP contribution in [0.3, 0.4) is 0 Å². The summed E-state index contributed by atoms with van der Waals surface area (Å²) >= 11 is 0. The molecular formula is C24H28F2N6O4. The van der Waals surface area contributed by atoms with Gasteiger partial charge < -0.3 is 20.4 Å². The lowest BCUT2D eigenvalue weighted by atomic mass is 9.79. The van der Waals surface area contributed by atoms with Crippen molar-refractivity contribution >= 4 is 22.8 Å². The van der Waals surface area contributed by atoms with Gasteiger partial charge in [0.05, 0.1) is 17.1 Å². The van der Waals surface area contributed by atoms with Crippen molar-refractivity contribution in [3.05, 3.63) is 41.0 Å². The molecule has 1 aliphatic carbocycles. The van der Waals surface area contributed by atoms with Crippen molar-refractivity contribution in [2.24, 2.45) is 5.92 Å². The number of H-pyrrole nitrogens is 1. The quantitative estimate of drug-likeness (QED) is 0.430. The number of hydrogen-bond donors (Lipinski definition) is 3. The number of carbonyl (C=O) groups excluding carboxylic acids is 2. The largest absolute Gasteiger partial charge is 0.376 e. The van der Waals surface area contributed by atoms with Crippen LogP contribution in [0.25, 0.3) is 11.0 Å². The number of amides is 2. The summed E-state index contributed by atoms with van der Waals surface area (Å²) in [6.45, 7) is 2.52. The summed E-state index contributed by atoms with van der Waals surface area (Å²) in [5.41, 5.74) is 2.77. The van der Waals surface area contributed by atoms with Crippen molar-refractivity contribution in [3.8, 4) is 0 Å². The Balaban J connectivity index is 1.28. The molecule has 1 saturated heterocycles. The first-order valence-corrected chi connectivity index (χ1v) is 12.1. The molecule has 2 aromatic heterocycles. The normalized spacial score (nSPS) is 20.6. The summed E-state index contributed by atoms with van der Waals surface area (Å²) < 4.78 is 36.6. The number of nitrogens with one attached hydrogen (secondary N) is 3. The summed E-state index contributed by atoms with van der Waals surface area (Å²) in [4.78, 5) is 33.0. The Labute approximate surface area is 205 Å². The number of rotatable bonds is 8. The van der Waals surface area contributed by atoms with E-state index in [1.807, 2.05) is 18.2 Å². The van der Waals surface area contributed by atoms with E-state index >= 15 is 0 Å². The van der Waals surface area contributed by atoms with Crippen LogP contribution in [-0.2, 0) is 16.1 Å². The third kappa shape index (κ3) is 5.38. The predicted octanol–water partition coefficient (Wildman–Crippen LogP) is 3.35. The van der Waals surface area contributed by atoms with Crippen LogP contribution in [0.1, 0.15) is 72.1 Å². The number of halogens is 2. The van der Waals surface area contributed by atoms with Crippen LogP contribution in [-0.4, -0.2) is 50.7 Å². The average molecular weight is 503 g/mol. The molecule has 0 spiro atoms. The first kappa shape index (κ1) is 24.3. The van der Waals surface area contributed by atoms with Gasteiger partial charge in [0.15, 0.2) is 5.69 Å². The highest BCUT2D eigenvalue weighted by Gasteiger charge is 2.45. The van der Waals surface area contributed by atoms with Gasteiger partial charge in [0.2, 0.25) is 11.8 Å². The lowest BCUT2D eigenvalue weighted by molar-refractivity contribution is -0.133. The van der Waals surface area contributed by atoms with Crippen LogP contribution in [0.15, 0.2) is 22.8 Å². The van der Waals surface area contributed by atoms with Gasteiger partial charge in [-0.1, -0.05) is 11.2 Å². The summed E-state index contributed by atoms with van der Waals surface area (Å²) in [6, 6.07) is 5.01. The highest BCUT2D eigenvalue weighted by atomic mass is 19.3. The second-order valence-corrected chi connectivity index (χ2v) is 9.64. The zero-order chi connectivity index (χ0) is 25.3. The maximum absolute atomic E-state index is 13.0. The second-order valence-electron chi connectivity index (χ2n) is 9.64. The average Bonchev–Trinajstić information content (AvgIpc) is 3.46. The molecule has 3 aromatic rings. The number of fused-ring (bicyclic) bond motifs is 1. The van der Waals surface area contributed by atoms with Gasteiger partial charge in [-0.2, -0.15) is 0 Å². The fourth-order valence-electron chi connectivity index (χ4n) is 4.81. The minimum atomic E-state index is -2.63. The van der Waals surface area contributed by atoms with Crippen molar-refractivity contribution in [1.29, 1.82) is 0 Å². The van der Waals surface area contributed by atoms with Crippen LogP contribution in [0.5, 0.6) is 0 Å². The van der Waals surface area contributed by atoms with E-state index in [0.717, 1.165) is 30.3 Å². The van der Waals surface area contributed by atoms with E-state index in [1.54, 1.807) is 6.92 Å². The zero-order valence-corrected chi connectivity index (χ0v) is 19.9. The molecule has 2 amide bonds. The van der Waals surface area contributed by atoms with Crippen molar-refractivity contribution in [2.75, 3.05) is 6.61 Å². The topological polar surface area (TPSA) is 135 Å². The van der Waals surface area contributed by atoms with E-state index in [1.165, 1.54) is 0 Å². The molecule has 2 atom stereocenters. The fourth-order valence-corrected chi connectivity index (χ4v) is 4.81. The van der Waals surface area contributed by atoms with E-state index in [4.69, 9.17) is 4.74 Å². The first-order valence-electron chi connectivity index (χ1n) is 12.1. The number of alkyl halides is 2. The molecule has 0 radical (unpaired) electrons. The van der Waals surface area contributed by atoms with Gasteiger partial charge in [-0.05, 0) is 55.0 Å². The maximum Gasteiger partial charge on any atom is 0.276 e. The molecule has 12 heteroatoms. The number of carbonyl (C=O) groups is 2. The maximum atomic E-state index is 13.0. The molecule has 3 N–H and O–H groups in total. The Morgan fingerprint density at radius 2 is 2.08 bits per heavy atom. The fraction of sp³-hybridized carbons (Fsp3) is 0.542. The lowest BCUT2D eigenvalue weighted by Gasteiger charge is -2.34. The number of hydrogen-bond acceptors (Lipinski definition) is 7. The standard InChI is InChI=1S/C24H28F2N6O4/c1-13-20(32-36-31-13)23(34)30-21(18-4-2-3-7-35-18)22-28-16-6-5-14(8-17(16)29-22)12-27-19(33)9-15-10-24(25,26)11-15/h5-6,8,15,18,21H,2-4,7,9-12H2,1H3,(H,27,33)(H,28,29)(H,30,34)/t18?,21-/m0/s1. The van der Waals surface area contributed by atoms with Crippen LogP contribution >= 0.6 is 0 Å². The zero-order valence-electron chi connectivity index (χ0n) is 19.9. The van der Waals surface area contributed by atoms with Crippen molar-refractivity contribution in [2.45, 2.75) is 70.1 Å². The SMILES string of the molecule is Cc1nonc1C(=O)N[C@H](c1nc2ccc(CNC(=O)CC3CC(F)(F)C3)cc2[nH]1)C1CCCCO1. The molecule has 1 unspecified atom stereocenters. The highest BCUT2D eigenvalue weighted by molar-refractivity contribution is 5.93. The van der Waals surface area contributed by atoms with E-state index in [9.17, 15) is 18.4 Å². The van der Waals surface area contributed by atoms with E-state index in [-0.39, 0.29) is 49.4 Å². The Bertz CT molecular complexity index is 1240. The minimum absolute atomic E-state index is 0.106. The number of aryl methyl sites for hydroxylation is 1. The molecule has 1 aliphatic heterocycles. The molecule has 3 heterocycles. The number of imidazole rings is 1. The van der Waals surface area contributed by atoms with Crippen molar-refractivity contribution in [1.82, 2.24) is 30.9 Å². The number of ether oxygens (including phenoxy) is 1. The van der Waals surface area contributed by atoms with Gasteiger partial charge in [0, 0.05) is 32.4 Å². The van der Waals surface area contributed by atoms with E-state index in [0.29, 0.717) is 23.6 Å². The van der Waals surface area contributed by atoms with Crippen molar-refractivity contribution < 1.29 is 27.7 Å². The van der Waals surface area contributed by atoms with Gasteiger partial charge in [-0.15, -0.1) is 0 Å². The molecular weight excluding hydrogens is 474 g/mol. The van der Waals surface area contributed by atoms with Crippen LogP contribution in [0.4, 0.5) is 8.78 Å². The van der Waals surface area contributed by atoms with Crippen molar-refractivity contribution in [3.63, 3.8) is 0 Å². The number of aromatic amines is 1. The molecule has 1 aromatic carbocycles. The van der Waals surface area contributed by atoms with Crippen LogP contribution in [0, 0.1) is 12.8 Å². The third-order valence-corrected chi connectivity index (χ3v) is 6.74. The summed E-state index contributed by atoms with van der Waals surface area (Å²) in [6.07, 6.45) is 2.10. The Morgan fingerprint density at radius 1 is 1.25 bits per heavy atom. The predicted molar refractivity (Wildman–Crippen MR) is 123 cm³/mol. The number of nitrogens with zero attached hydrogens (tertiary/aromatic N) is 3. The molecule has 10 nitrogen and oxygen atoms in total. The Hall–Kier alpha value is -3.41. The summed E-state index contributed by atoms with van der Waals surface area (Å²) in [5.74, 6) is -3.01. The molecule has 2 fully saturated rings. The lowest BCUT2D eigenvalue weighted by Crippen LogP contribution is -2.40. The van der Waals surface area contributed by atoms with Gasteiger partial charge in [0.25, 0.3) is 5.91 Å². The molecule has 36 heavy (non-hydrogen) atoms. The van der Waals surface area contributed by atoms with E-state index < -0.39 is 17.9 Å². The smallest absolute Gasteiger partial charge is 0.276 e. The molecule has 2 aliphatic rings. The van der Waals surface area contributed by atoms with Crippen LogP contribution in [0.2, 0.25) is 0 Å². The van der Waals surface area contributed by atoms with E-state index in [2.05, 4.69) is 35.5 Å². The van der Waals surface area contributed by atoms with Gasteiger partial charge in [-0.25, -0.2) is 18.4 Å². The molecule has 0 bridgehead atoms. The van der Waals surface area contributed by atoms with Crippen LogP contribution < -0.4 is 10.6 Å². The highest BCUT2D eigenvalue weighted by Crippen LogP contribution is 2.43. The minimum Gasteiger partial charge on any atom is -0.376 e. The number of benzene rings is 1. The van der Waals surface area contributed by atoms with Gasteiger partial charge >= 0.3 is 0 Å². The van der Waals surface area contributed by atoms with Gasteiger partial charge in [0.1, 0.15) is 17.6 Å². The Morgan fingerprint density at radius 3 is 2.78 bits per heavy atom. The molecule has 5 rings (SSSR count). The Kier molecular flexibility index (Phi) is 6.69. The van der Waals surface area contributed by atoms with Gasteiger partial charge in [-0.3, -0.25) is 9.59 Å². The number of aromatic nitrogens is 4. The third-order valence-electron chi connectivity index (χ3n) is 6.74. The molecule has 192 valence electrons. The second kappa shape index (κ2) is 9.92. The first-order chi connectivity index (χ1) is 17.3. The monoisotopic (exact) mass is 502 g/mol. The summed E-state index contributed by atoms with van der Waals surface area (Å²) in [5, 5.41) is 13.1. The summed E-state index contributed by atoms with van der Waals surface area (Å²) in [7, 11) is 0.